The Kier molecular flexibility index (Phi) is 4.35. The van der Waals surface area contributed by atoms with Gasteiger partial charge in [-0.05, 0) is 36.3 Å². The molecule has 3 heterocycles. The van der Waals surface area contributed by atoms with Crippen molar-refractivity contribution in [3.63, 3.8) is 0 Å². The van der Waals surface area contributed by atoms with E-state index in [0.29, 0.717) is 29.9 Å². The zero-order valence-corrected chi connectivity index (χ0v) is 16.2. The molecule has 0 radical (unpaired) electrons. The molecule has 5 rings (SSSR count). The molecule has 3 aromatic rings. The van der Waals surface area contributed by atoms with E-state index in [2.05, 4.69) is 33.8 Å². The maximum absolute atomic E-state index is 13.0. The Bertz CT molecular complexity index is 1220. The standard InChI is InChI=1S/C23H20N4O3/c28-21-13-25-22(29)17-6-5-15(11-20(17)26-21)23(30)27-9-7-14(8-10-27)18-12-24-19-4-2-1-3-16(18)19/h1-7,11-12,24H,8-10,13H2,(H,25,29)(H,26,28). The van der Waals surface area contributed by atoms with Gasteiger partial charge in [0.25, 0.3) is 11.8 Å². The zero-order valence-electron chi connectivity index (χ0n) is 16.2. The van der Waals surface area contributed by atoms with Crippen molar-refractivity contribution in [1.82, 2.24) is 15.2 Å². The predicted molar refractivity (Wildman–Crippen MR) is 114 cm³/mol. The van der Waals surface area contributed by atoms with Crippen LogP contribution in [0, 0.1) is 0 Å². The van der Waals surface area contributed by atoms with Gasteiger partial charge in [-0.3, -0.25) is 14.4 Å². The summed E-state index contributed by atoms with van der Waals surface area (Å²) in [5.41, 5.74) is 4.68. The fourth-order valence-electron chi connectivity index (χ4n) is 4.05. The lowest BCUT2D eigenvalue weighted by Crippen LogP contribution is -2.34. The number of para-hydroxylation sites is 1. The number of aromatic nitrogens is 1. The van der Waals surface area contributed by atoms with E-state index in [1.807, 2.05) is 18.3 Å². The highest BCUT2D eigenvalue weighted by molar-refractivity contribution is 6.10. The Morgan fingerprint density at radius 2 is 1.90 bits per heavy atom. The van der Waals surface area contributed by atoms with Crippen molar-refractivity contribution >= 4 is 39.9 Å². The largest absolute Gasteiger partial charge is 0.361 e. The van der Waals surface area contributed by atoms with Crippen LogP contribution in [0.3, 0.4) is 0 Å². The Hall–Kier alpha value is -3.87. The monoisotopic (exact) mass is 400 g/mol. The summed E-state index contributed by atoms with van der Waals surface area (Å²) in [6.07, 6.45) is 4.88. The summed E-state index contributed by atoms with van der Waals surface area (Å²) in [5, 5.41) is 6.41. The number of benzene rings is 2. The predicted octanol–water partition coefficient (Wildman–Crippen LogP) is 2.78. The highest BCUT2D eigenvalue weighted by Crippen LogP contribution is 2.30. The number of nitrogens with one attached hydrogen (secondary N) is 3. The molecule has 0 saturated carbocycles. The summed E-state index contributed by atoms with van der Waals surface area (Å²) >= 11 is 0. The second kappa shape index (κ2) is 7.18. The average molecular weight is 400 g/mol. The van der Waals surface area contributed by atoms with Crippen molar-refractivity contribution < 1.29 is 14.4 Å². The van der Waals surface area contributed by atoms with Crippen LogP contribution in [-0.2, 0) is 4.79 Å². The first kappa shape index (κ1) is 18.2. The molecule has 30 heavy (non-hydrogen) atoms. The first-order chi connectivity index (χ1) is 14.6. The summed E-state index contributed by atoms with van der Waals surface area (Å²) < 4.78 is 0. The Labute approximate surface area is 172 Å². The van der Waals surface area contributed by atoms with Gasteiger partial charge in [0.05, 0.1) is 17.8 Å². The molecule has 1 aromatic heterocycles. The summed E-state index contributed by atoms with van der Waals surface area (Å²) in [6, 6.07) is 13.0. The molecule has 2 aliphatic heterocycles. The lowest BCUT2D eigenvalue weighted by Gasteiger charge is -2.27. The molecule has 0 fully saturated rings. The van der Waals surface area contributed by atoms with Crippen LogP contribution in [0.25, 0.3) is 16.5 Å². The van der Waals surface area contributed by atoms with Crippen LogP contribution < -0.4 is 10.6 Å². The summed E-state index contributed by atoms with van der Waals surface area (Å²) in [7, 11) is 0. The van der Waals surface area contributed by atoms with Crippen molar-refractivity contribution in [2.45, 2.75) is 6.42 Å². The summed E-state index contributed by atoms with van der Waals surface area (Å²) in [6.45, 7) is 1.04. The van der Waals surface area contributed by atoms with E-state index in [0.717, 1.165) is 11.9 Å². The SMILES string of the molecule is O=C1CNC(=O)c2ccc(C(=O)N3CC=C(c4c[nH]c5ccccc45)CC3)cc2N1. The van der Waals surface area contributed by atoms with E-state index in [1.54, 1.807) is 23.1 Å². The number of rotatable bonds is 2. The van der Waals surface area contributed by atoms with Gasteiger partial charge in [0, 0.05) is 41.3 Å². The number of hydrogen-bond acceptors (Lipinski definition) is 3. The van der Waals surface area contributed by atoms with Gasteiger partial charge in [0.2, 0.25) is 5.91 Å². The molecule has 0 saturated heterocycles. The van der Waals surface area contributed by atoms with Gasteiger partial charge in [-0.25, -0.2) is 0 Å². The quantitative estimate of drug-likeness (QED) is 0.617. The molecule has 0 bridgehead atoms. The molecule has 2 aromatic carbocycles. The highest BCUT2D eigenvalue weighted by atomic mass is 16.2. The number of fused-ring (bicyclic) bond motifs is 2. The first-order valence-corrected chi connectivity index (χ1v) is 9.87. The van der Waals surface area contributed by atoms with E-state index in [9.17, 15) is 14.4 Å². The lowest BCUT2D eigenvalue weighted by atomic mass is 9.98. The maximum Gasteiger partial charge on any atom is 0.254 e. The van der Waals surface area contributed by atoms with Crippen LogP contribution in [0.1, 0.15) is 32.7 Å². The van der Waals surface area contributed by atoms with Crippen molar-refractivity contribution in [1.29, 1.82) is 0 Å². The minimum Gasteiger partial charge on any atom is -0.361 e. The van der Waals surface area contributed by atoms with Gasteiger partial charge in [-0.15, -0.1) is 0 Å². The smallest absolute Gasteiger partial charge is 0.254 e. The third-order valence-electron chi connectivity index (χ3n) is 5.63. The summed E-state index contributed by atoms with van der Waals surface area (Å²) in [4.78, 5) is 41.9. The minimum absolute atomic E-state index is 0.0790. The highest BCUT2D eigenvalue weighted by Gasteiger charge is 2.24. The first-order valence-electron chi connectivity index (χ1n) is 9.87. The van der Waals surface area contributed by atoms with Gasteiger partial charge >= 0.3 is 0 Å². The number of anilines is 1. The minimum atomic E-state index is -0.327. The van der Waals surface area contributed by atoms with Gasteiger partial charge in [0.1, 0.15) is 0 Å². The third-order valence-corrected chi connectivity index (χ3v) is 5.63. The lowest BCUT2D eigenvalue weighted by molar-refractivity contribution is -0.115. The van der Waals surface area contributed by atoms with E-state index in [-0.39, 0.29) is 24.3 Å². The fraction of sp³-hybridized carbons (Fsp3) is 0.174. The van der Waals surface area contributed by atoms with Crippen LogP contribution in [-0.4, -0.2) is 47.2 Å². The zero-order chi connectivity index (χ0) is 20.7. The summed E-state index contributed by atoms with van der Waals surface area (Å²) in [5.74, 6) is -0.756. The van der Waals surface area contributed by atoms with Crippen molar-refractivity contribution in [2.24, 2.45) is 0 Å². The van der Waals surface area contributed by atoms with Crippen LogP contribution in [0.5, 0.6) is 0 Å². The molecule has 3 N–H and O–H groups in total. The van der Waals surface area contributed by atoms with Gasteiger partial charge in [-0.1, -0.05) is 24.3 Å². The van der Waals surface area contributed by atoms with E-state index in [1.165, 1.54) is 16.5 Å². The van der Waals surface area contributed by atoms with E-state index in [4.69, 9.17) is 0 Å². The normalized spacial score (nSPS) is 16.4. The van der Waals surface area contributed by atoms with Gasteiger partial charge in [-0.2, -0.15) is 0 Å². The maximum atomic E-state index is 13.0. The number of hydrogen-bond donors (Lipinski definition) is 3. The molecule has 7 heteroatoms. The Morgan fingerprint density at radius 1 is 1.03 bits per heavy atom. The number of H-pyrrole nitrogens is 1. The van der Waals surface area contributed by atoms with Crippen LogP contribution >= 0.6 is 0 Å². The van der Waals surface area contributed by atoms with Gasteiger partial charge < -0.3 is 20.5 Å². The molecule has 0 spiro atoms. The van der Waals surface area contributed by atoms with Crippen molar-refractivity contribution in [3.05, 3.63) is 71.4 Å². The molecule has 150 valence electrons. The van der Waals surface area contributed by atoms with Crippen molar-refractivity contribution in [3.8, 4) is 0 Å². The van der Waals surface area contributed by atoms with Crippen LogP contribution in [0.15, 0.2) is 54.7 Å². The van der Waals surface area contributed by atoms with Crippen LogP contribution in [0.2, 0.25) is 0 Å². The Morgan fingerprint density at radius 3 is 2.73 bits per heavy atom. The number of carbonyl (C=O) groups is 3. The van der Waals surface area contributed by atoms with Crippen LogP contribution in [0.4, 0.5) is 5.69 Å². The molecule has 3 amide bonds. The molecular formula is C23H20N4O3. The fourth-order valence-corrected chi connectivity index (χ4v) is 4.05. The van der Waals surface area contributed by atoms with Gasteiger partial charge in [0.15, 0.2) is 0 Å². The Balaban J connectivity index is 1.37. The number of carbonyl (C=O) groups excluding carboxylic acids is 3. The molecule has 0 unspecified atom stereocenters. The molecule has 7 nitrogen and oxygen atoms in total. The molecular weight excluding hydrogens is 380 g/mol. The second-order valence-corrected chi connectivity index (χ2v) is 7.47. The molecule has 2 aliphatic rings. The number of amides is 3. The number of aromatic amines is 1. The molecule has 0 atom stereocenters. The van der Waals surface area contributed by atoms with Crippen molar-refractivity contribution in [2.75, 3.05) is 25.0 Å². The van der Waals surface area contributed by atoms with E-state index >= 15 is 0 Å². The number of nitrogens with zero attached hydrogens (tertiary/aromatic N) is 1. The molecule has 0 aliphatic carbocycles. The third kappa shape index (κ3) is 3.14. The van der Waals surface area contributed by atoms with E-state index < -0.39 is 0 Å². The average Bonchev–Trinajstić information content (AvgIpc) is 3.15. The second-order valence-electron chi connectivity index (χ2n) is 7.47. The topological polar surface area (TPSA) is 94.3 Å².